The van der Waals surface area contributed by atoms with Crippen LogP contribution in [0, 0.1) is 34.5 Å². The molecular weight excluding hydrogens is 340 g/mol. The van der Waals surface area contributed by atoms with Crippen molar-refractivity contribution < 1.29 is 19.1 Å². The van der Waals surface area contributed by atoms with Gasteiger partial charge in [0.05, 0.1) is 6.10 Å². The molecule has 4 nitrogen and oxygen atoms in total. The fourth-order valence-electron chi connectivity index (χ4n) is 8.75. The van der Waals surface area contributed by atoms with E-state index in [1.807, 2.05) is 6.08 Å². The van der Waals surface area contributed by atoms with E-state index in [0.29, 0.717) is 30.1 Å². The monoisotopic (exact) mass is 366 g/mol. The molecule has 2 unspecified atom stereocenters. The molecule has 0 aromatic heterocycles. The Hall–Kier alpha value is -1.42. The van der Waals surface area contributed by atoms with E-state index in [4.69, 9.17) is 9.47 Å². The number of epoxide rings is 1. The number of fused-ring (bicyclic) bond motifs is 7. The van der Waals surface area contributed by atoms with Crippen LogP contribution >= 0.6 is 0 Å². The topological polar surface area (TPSA) is 55.9 Å². The normalized spacial score (nSPS) is 61.4. The summed E-state index contributed by atoms with van der Waals surface area (Å²) in [6.07, 6.45) is 11.9. The molecule has 4 heteroatoms. The summed E-state index contributed by atoms with van der Waals surface area (Å²) in [5, 5.41) is 0. The molecule has 0 aromatic carbocycles. The number of rotatable bonds is 0. The Morgan fingerprint density at radius 3 is 2.81 bits per heavy atom. The van der Waals surface area contributed by atoms with Crippen molar-refractivity contribution in [1.29, 1.82) is 0 Å². The standard InChI is InChI=1S/C23H26O4/c1-20-6-3-12(24)9-16(20)13-10-14(13)19-15-4-7-22(8-5-18(25)27-22)21(15,2)11-17-23(19,20)26-17/h3,6,9,13-15,17,19H,4-5,7-8,10-11H2,1-2H3/t13?,14?,15-,17-,19-,20-,21-,22+,23+/m0/s1. The zero-order valence-corrected chi connectivity index (χ0v) is 16.0. The molecule has 0 N–H and O–H groups in total. The van der Waals surface area contributed by atoms with Gasteiger partial charge in [-0.25, -0.2) is 0 Å². The highest BCUT2D eigenvalue weighted by Gasteiger charge is 2.85. The molecule has 6 fully saturated rings. The second-order valence-corrected chi connectivity index (χ2v) is 10.7. The smallest absolute Gasteiger partial charge is 0.306 e. The number of carbonyl (C=O) groups is 2. The maximum absolute atomic E-state index is 12.1. The van der Waals surface area contributed by atoms with Crippen LogP contribution in [0.15, 0.2) is 23.8 Å². The van der Waals surface area contributed by atoms with Gasteiger partial charge in [0.2, 0.25) is 0 Å². The van der Waals surface area contributed by atoms with Gasteiger partial charge in [0.25, 0.3) is 0 Å². The van der Waals surface area contributed by atoms with Crippen LogP contribution in [0.3, 0.4) is 0 Å². The molecule has 27 heavy (non-hydrogen) atoms. The highest BCUT2D eigenvalue weighted by atomic mass is 16.6. The first-order valence-corrected chi connectivity index (χ1v) is 10.7. The molecule has 0 radical (unpaired) electrons. The summed E-state index contributed by atoms with van der Waals surface area (Å²) in [6.45, 7) is 4.70. The summed E-state index contributed by atoms with van der Waals surface area (Å²) >= 11 is 0. The molecule has 7 rings (SSSR count). The molecule has 9 atom stereocenters. The average molecular weight is 366 g/mol. The molecule has 7 aliphatic rings. The Kier molecular flexibility index (Phi) is 2.37. The predicted molar refractivity (Wildman–Crippen MR) is 96.5 cm³/mol. The first kappa shape index (κ1) is 15.5. The van der Waals surface area contributed by atoms with Crippen molar-refractivity contribution in [1.82, 2.24) is 0 Å². The van der Waals surface area contributed by atoms with Crippen LogP contribution in [0.2, 0.25) is 0 Å². The van der Waals surface area contributed by atoms with E-state index in [-0.39, 0.29) is 39.9 Å². The first-order chi connectivity index (χ1) is 12.8. The minimum absolute atomic E-state index is 0.00993. The van der Waals surface area contributed by atoms with Crippen molar-refractivity contribution in [3.05, 3.63) is 23.8 Å². The largest absolute Gasteiger partial charge is 0.458 e. The number of ether oxygens (including phenoxy) is 2. The van der Waals surface area contributed by atoms with Gasteiger partial charge in [-0.3, -0.25) is 9.59 Å². The zero-order valence-electron chi connectivity index (χ0n) is 16.0. The van der Waals surface area contributed by atoms with Gasteiger partial charge in [-0.15, -0.1) is 0 Å². The third kappa shape index (κ3) is 1.43. The summed E-state index contributed by atoms with van der Waals surface area (Å²) in [6, 6.07) is 0. The van der Waals surface area contributed by atoms with E-state index in [1.165, 1.54) is 12.0 Å². The average Bonchev–Trinajstić information content (AvgIpc) is 3.49. The van der Waals surface area contributed by atoms with Gasteiger partial charge < -0.3 is 9.47 Å². The lowest BCUT2D eigenvalue weighted by molar-refractivity contribution is -0.164. The highest BCUT2D eigenvalue weighted by molar-refractivity contribution is 6.01. The van der Waals surface area contributed by atoms with Crippen LogP contribution in [-0.4, -0.2) is 29.1 Å². The Morgan fingerprint density at radius 2 is 2.04 bits per heavy atom. The number of hydrogen-bond donors (Lipinski definition) is 0. The Balaban J connectivity index is 1.37. The highest BCUT2D eigenvalue weighted by Crippen LogP contribution is 2.82. The van der Waals surface area contributed by atoms with Crippen molar-refractivity contribution in [2.75, 3.05) is 0 Å². The summed E-state index contributed by atoms with van der Waals surface area (Å²) in [4.78, 5) is 24.1. The quantitative estimate of drug-likeness (QED) is 0.487. The molecule has 2 spiro atoms. The van der Waals surface area contributed by atoms with Crippen molar-refractivity contribution >= 4 is 11.8 Å². The molecule has 2 saturated heterocycles. The number of ketones is 1. The lowest BCUT2D eigenvalue weighted by Crippen LogP contribution is -2.60. The molecule has 2 aliphatic heterocycles. The number of allylic oxidation sites excluding steroid dienone is 2. The number of hydrogen-bond acceptors (Lipinski definition) is 4. The minimum atomic E-state index is -0.257. The van der Waals surface area contributed by atoms with Gasteiger partial charge in [-0.05, 0) is 74.9 Å². The van der Waals surface area contributed by atoms with Crippen LogP contribution in [0.4, 0.5) is 0 Å². The van der Waals surface area contributed by atoms with Crippen molar-refractivity contribution in [2.45, 2.75) is 69.7 Å². The molecule has 0 amide bonds. The lowest BCUT2D eigenvalue weighted by atomic mass is 9.47. The van der Waals surface area contributed by atoms with Gasteiger partial charge in [0.1, 0.15) is 11.2 Å². The second kappa shape index (κ2) is 4.12. The fourth-order valence-corrected chi connectivity index (χ4v) is 8.75. The molecule has 0 aromatic rings. The molecular formula is C23H26O4. The van der Waals surface area contributed by atoms with Crippen LogP contribution in [0.25, 0.3) is 0 Å². The third-order valence-electron chi connectivity index (χ3n) is 10.0. The van der Waals surface area contributed by atoms with Crippen LogP contribution in [0.1, 0.15) is 52.4 Å². The fraction of sp³-hybridized carbons (Fsp3) is 0.739. The lowest BCUT2D eigenvalue weighted by Gasteiger charge is -2.55. The van der Waals surface area contributed by atoms with Crippen LogP contribution < -0.4 is 0 Å². The van der Waals surface area contributed by atoms with E-state index in [0.717, 1.165) is 25.7 Å². The van der Waals surface area contributed by atoms with Crippen molar-refractivity contribution in [2.24, 2.45) is 34.5 Å². The van der Waals surface area contributed by atoms with Crippen molar-refractivity contribution in [3.8, 4) is 0 Å². The molecule has 5 aliphatic carbocycles. The van der Waals surface area contributed by atoms with E-state index < -0.39 is 0 Å². The number of carbonyl (C=O) groups excluding carboxylic acids is 2. The maximum atomic E-state index is 12.1. The molecule has 142 valence electrons. The van der Waals surface area contributed by atoms with Gasteiger partial charge in [-0.2, -0.15) is 0 Å². The minimum Gasteiger partial charge on any atom is -0.458 e. The SMILES string of the molecule is C[C@]12C=CC(=O)C=C1C1CC1[C@H]1[C@@H]3CC[C@@]4(CCC(=O)O4)[C@@]3(C)C[C@@H]3O[C@]312. The van der Waals surface area contributed by atoms with Gasteiger partial charge in [-0.1, -0.05) is 18.6 Å². The summed E-state index contributed by atoms with van der Waals surface area (Å²) in [7, 11) is 0. The second-order valence-electron chi connectivity index (χ2n) is 10.7. The van der Waals surface area contributed by atoms with Gasteiger partial charge in [0, 0.05) is 17.3 Å². The van der Waals surface area contributed by atoms with E-state index >= 15 is 0 Å². The number of esters is 1. The van der Waals surface area contributed by atoms with Gasteiger partial charge >= 0.3 is 5.97 Å². The van der Waals surface area contributed by atoms with Crippen LogP contribution in [-0.2, 0) is 19.1 Å². The first-order valence-electron chi connectivity index (χ1n) is 10.7. The van der Waals surface area contributed by atoms with E-state index in [1.54, 1.807) is 6.08 Å². The zero-order chi connectivity index (χ0) is 18.4. The van der Waals surface area contributed by atoms with E-state index in [2.05, 4.69) is 19.9 Å². The van der Waals surface area contributed by atoms with Gasteiger partial charge in [0.15, 0.2) is 5.78 Å². The third-order valence-corrected chi connectivity index (χ3v) is 10.0. The molecule has 2 heterocycles. The summed E-state index contributed by atoms with van der Waals surface area (Å²) in [5.41, 5.74) is 0.839. The maximum Gasteiger partial charge on any atom is 0.306 e. The molecule has 0 bridgehead atoms. The summed E-state index contributed by atoms with van der Waals surface area (Å²) < 4.78 is 12.7. The summed E-state index contributed by atoms with van der Waals surface area (Å²) in [5.74, 6) is 2.41. The Labute approximate surface area is 159 Å². The van der Waals surface area contributed by atoms with Crippen molar-refractivity contribution in [3.63, 3.8) is 0 Å². The Morgan fingerprint density at radius 1 is 1.19 bits per heavy atom. The Bertz CT molecular complexity index is 887. The van der Waals surface area contributed by atoms with E-state index in [9.17, 15) is 9.59 Å². The predicted octanol–water partition coefficient (Wildman–Crippen LogP) is 3.36. The van der Waals surface area contributed by atoms with Crippen LogP contribution in [0.5, 0.6) is 0 Å². The molecule has 4 saturated carbocycles.